The van der Waals surface area contributed by atoms with Crippen molar-refractivity contribution in [3.8, 4) is 0 Å². The minimum atomic E-state index is -1.93. The Morgan fingerprint density at radius 3 is 0.295 bits per heavy atom. The van der Waals surface area contributed by atoms with E-state index in [0.717, 1.165) is 0 Å². The summed E-state index contributed by atoms with van der Waals surface area (Å²) < 4.78 is 0. The summed E-state index contributed by atoms with van der Waals surface area (Å²) in [7, 11) is 0. The van der Waals surface area contributed by atoms with Crippen LogP contribution in [-0.4, -0.2) is 24.6 Å². The van der Waals surface area contributed by atoms with Crippen LogP contribution in [0.2, 0.25) is 0 Å². The molecule has 2 heteroatoms. The second-order valence-corrected chi connectivity index (χ2v) is 38.8. The van der Waals surface area contributed by atoms with Crippen LogP contribution in [-0.2, 0) is 0 Å². The molecule has 0 heterocycles. The molecule has 0 aliphatic rings. The zero-order chi connectivity index (χ0) is 56.4. The maximum absolute atomic E-state index is 5.01. The third kappa shape index (κ3) is 61.5. The summed E-state index contributed by atoms with van der Waals surface area (Å²) in [5.41, 5.74) is 0. The molecule has 0 aromatic rings. The zero-order valence-electron chi connectivity index (χ0n) is 55.7. The first-order valence-electron chi connectivity index (χ1n) is 38.3. The van der Waals surface area contributed by atoms with Gasteiger partial charge in [-0.25, -0.2) is 0 Å². The van der Waals surface area contributed by atoms with Gasteiger partial charge in [0.05, 0.1) is 0 Å². The molecule has 0 aliphatic heterocycles. The second-order valence-electron chi connectivity index (χ2n) is 27.3. The average molecular weight is 1180 g/mol. The molecule has 0 radical (unpaired) electrons. The second kappa shape index (κ2) is 67.0. The molecule has 0 unspecified atom stereocenters. The van der Waals surface area contributed by atoms with Gasteiger partial charge in [0.1, 0.15) is 0 Å². The third-order valence-electron chi connectivity index (χ3n) is 19.3. The molecule has 0 saturated heterocycles. The predicted octanol–water partition coefficient (Wildman–Crippen LogP) is 30.5. The molecular weight excluding hydrogens is 1020 g/mol. The van der Waals surface area contributed by atoms with Crippen molar-refractivity contribution in [1.29, 1.82) is 0 Å². The van der Waals surface area contributed by atoms with Crippen LogP contribution in [0, 0.1) is 0 Å². The van der Waals surface area contributed by atoms with Crippen molar-refractivity contribution in [3.63, 3.8) is 0 Å². The molecule has 0 saturated carbocycles. The van der Waals surface area contributed by atoms with Crippen molar-refractivity contribution < 1.29 is 0 Å². The van der Waals surface area contributed by atoms with E-state index in [1.807, 2.05) is 0 Å². The van der Waals surface area contributed by atoms with E-state index in [4.69, 9.17) is 15.5 Å². The van der Waals surface area contributed by atoms with E-state index in [-0.39, 0.29) is 0 Å². The normalized spacial score (nSPS) is 12.6. The summed E-state index contributed by atoms with van der Waals surface area (Å²) >= 11 is 5.01. The van der Waals surface area contributed by atoms with E-state index >= 15 is 0 Å². The van der Waals surface area contributed by atoms with Crippen molar-refractivity contribution >= 4 is 20.8 Å². The first-order chi connectivity index (χ1) is 38.5. The summed E-state index contributed by atoms with van der Waals surface area (Å²) in [6.45, 7) is 9.33. The Bertz CT molecular complexity index is 891. The van der Waals surface area contributed by atoms with Crippen molar-refractivity contribution in [2.24, 2.45) is 0 Å². The molecule has 472 valence electrons. The van der Waals surface area contributed by atoms with Crippen LogP contribution in [0.1, 0.15) is 464 Å². The topological polar surface area (TPSA) is 0 Å². The average Bonchev–Trinajstić information content (AvgIpc) is 3.49. The Labute approximate surface area is 506 Å². The van der Waals surface area contributed by atoms with Gasteiger partial charge in [0.15, 0.2) is 0 Å². The Morgan fingerprint density at radius 2 is 0.205 bits per heavy atom. The van der Waals surface area contributed by atoms with Crippen LogP contribution in [0.4, 0.5) is 0 Å². The van der Waals surface area contributed by atoms with E-state index in [1.165, 1.54) is 437 Å². The van der Waals surface area contributed by atoms with Gasteiger partial charge in [-0.1, -0.05) is 182 Å². The Balaban J connectivity index is 5.09. The molecule has 78 heavy (non-hydrogen) atoms. The van der Waals surface area contributed by atoms with Crippen molar-refractivity contribution in [2.45, 2.75) is 464 Å². The van der Waals surface area contributed by atoms with Crippen LogP contribution >= 0.6 is 20.8 Å². The van der Waals surface area contributed by atoms with Crippen LogP contribution < -0.4 is 0 Å². The van der Waals surface area contributed by atoms with Crippen LogP contribution in [0.3, 0.4) is 0 Å². The first-order valence-corrected chi connectivity index (χ1v) is 43.3. The summed E-state index contributed by atoms with van der Waals surface area (Å²) in [5.74, 6) is 0. The maximum atomic E-state index is 5.01. The summed E-state index contributed by atoms with van der Waals surface area (Å²) in [6.07, 6.45) is 107. The van der Waals surface area contributed by atoms with E-state index in [9.17, 15) is 0 Å². The molecule has 0 rings (SSSR count). The Morgan fingerprint density at radius 1 is 0.128 bits per heavy atom. The quantitative estimate of drug-likeness (QED) is 0.0421. The summed E-state index contributed by atoms with van der Waals surface area (Å²) in [5, 5.41) is -1.93. The first kappa shape index (κ1) is 78.9. The molecule has 0 nitrogen and oxygen atoms in total. The number of halogens is 1. The van der Waals surface area contributed by atoms with Gasteiger partial charge in [0, 0.05) is 0 Å². The minimum Gasteiger partial charge on any atom is -0.0654 e. The number of unbranched alkanes of at least 4 members (excludes halogenated alkanes) is 64. The molecule has 0 bridgehead atoms. The van der Waals surface area contributed by atoms with Crippen molar-refractivity contribution in [2.75, 3.05) is 24.6 Å². The van der Waals surface area contributed by atoms with Crippen LogP contribution in [0.25, 0.3) is 0 Å². The standard InChI is InChI=1S/C76H156BrP/c1-5-9-13-17-21-25-29-33-37-41-45-49-53-57-61-65-69-73-78(77,74-70-66-62-58-54-50-46-42-38-34-30-26-22-18-14-10-6-2,75-71-67-63-59-55-51-47-43-39-35-31-27-23-19-15-11-7-3)76-72-68-64-60-56-52-48-44-40-36-32-28-24-20-16-12-8-4/h5-76H2,1-4H3. The smallest absolute Gasteiger partial charge is 0.0654 e. The fraction of sp³-hybridized carbons (Fsp3) is 1.00. The number of hydrogen-bond acceptors (Lipinski definition) is 0. The SMILES string of the molecule is CCCCCCCCCCCCCCCCCCCP(Br)(CCCCCCCCCCCCCCCCCCC)(CCCCCCCCCCCCCCCCCCC)CCCCCCCCCCCCCCCCCCC. The van der Waals surface area contributed by atoms with Gasteiger partial charge in [-0.05, 0) is 0 Å². The van der Waals surface area contributed by atoms with Gasteiger partial charge in [-0.3, -0.25) is 0 Å². The molecule has 0 aromatic heterocycles. The number of hydrogen-bond donors (Lipinski definition) is 0. The van der Waals surface area contributed by atoms with Gasteiger partial charge in [0.2, 0.25) is 0 Å². The van der Waals surface area contributed by atoms with Crippen molar-refractivity contribution in [3.05, 3.63) is 0 Å². The van der Waals surface area contributed by atoms with Crippen LogP contribution in [0.5, 0.6) is 0 Å². The molecule has 0 atom stereocenters. The van der Waals surface area contributed by atoms with E-state index < -0.39 is 5.31 Å². The molecule has 0 spiro atoms. The van der Waals surface area contributed by atoms with E-state index in [2.05, 4.69) is 27.7 Å². The van der Waals surface area contributed by atoms with Gasteiger partial charge in [0.25, 0.3) is 0 Å². The van der Waals surface area contributed by atoms with Gasteiger partial charge in [-0.2, -0.15) is 0 Å². The Hall–Kier alpha value is 0.910. The summed E-state index contributed by atoms with van der Waals surface area (Å²) in [4.78, 5) is 0. The molecular formula is C76H156BrP. The fourth-order valence-corrected chi connectivity index (χ4v) is 22.0. The summed E-state index contributed by atoms with van der Waals surface area (Å²) in [6, 6.07) is 0. The Kier molecular flexibility index (Phi) is 67.8. The van der Waals surface area contributed by atoms with Crippen LogP contribution in [0.15, 0.2) is 0 Å². The van der Waals surface area contributed by atoms with Gasteiger partial charge < -0.3 is 0 Å². The molecule has 0 N–H and O–H groups in total. The molecule has 0 aromatic carbocycles. The van der Waals surface area contributed by atoms with Crippen molar-refractivity contribution in [1.82, 2.24) is 0 Å². The minimum absolute atomic E-state index is 1.37. The van der Waals surface area contributed by atoms with E-state index in [0.29, 0.717) is 0 Å². The predicted molar refractivity (Wildman–Crippen MR) is 372 cm³/mol. The molecule has 0 fully saturated rings. The third-order valence-corrected chi connectivity index (χ3v) is 29.3. The number of rotatable bonds is 72. The fourth-order valence-electron chi connectivity index (χ4n) is 13.6. The zero-order valence-corrected chi connectivity index (χ0v) is 58.2. The molecule has 0 amide bonds. The van der Waals surface area contributed by atoms with E-state index in [1.54, 1.807) is 24.6 Å². The molecule has 0 aliphatic carbocycles. The monoisotopic (exact) mass is 1180 g/mol. The van der Waals surface area contributed by atoms with Gasteiger partial charge >= 0.3 is 328 Å². The van der Waals surface area contributed by atoms with Gasteiger partial charge in [-0.15, -0.1) is 0 Å².